The third-order valence-corrected chi connectivity index (χ3v) is 2.16. The number of nitrogens with zero attached hydrogens (tertiary/aromatic N) is 4. The van der Waals surface area contributed by atoms with Gasteiger partial charge in [0.15, 0.2) is 0 Å². The smallest absolute Gasteiger partial charge is 0.354 e. The number of carbonyl (C=O) groups is 1. The predicted octanol–water partition coefficient (Wildman–Crippen LogP) is 0.363. The molecule has 0 amide bonds. The molecule has 0 spiro atoms. The quantitative estimate of drug-likeness (QED) is 0.787. The average Bonchev–Trinajstić information content (AvgIpc) is 2.77. The molecule has 0 aromatic carbocycles. The lowest BCUT2D eigenvalue weighted by molar-refractivity contribution is 0.0684. The minimum Gasteiger partial charge on any atom is -0.477 e. The summed E-state index contributed by atoms with van der Waals surface area (Å²) in [5, 5.41) is 12.8. The predicted molar refractivity (Wildman–Crippen MR) is 51.5 cm³/mol. The Kier molecular flexibility index (Phi) is 2.24. The molecule has 2 heterocycles. The minimum absolute atomic E-state index is 0.177. The molecule has 6 heteroatoms. The van der Waals surface area contributed by atoms with E-state index in [-0.39, 0.29) is 5.69 Å². The zero-order valence-corrected chi connectivity index (χ0v) is 8.16. The Balaban J connectivity index is 2.28. The third kappa shape index (κ3) is 1.74. The molecule has 0 aliphatic carbocycles. The van der Waals surface area contributed by atoms with Gasteiger partial charge in [-0.3, -0.25) is 4.68 Å². The Morgan fingerprint density at radius 3 is 3.00 bits per heavy atom. The van der Waals surface area contributed by atoms with Gasteiger partial charge in [-0.15, -0.1) is 0 Å². The van der Waals surface area contributed by atoms with Crippen LogP contribution in [0.25, 0.3) is 0 Å². The second-order valence-corrected chi connectivity index (χ2v) is 3.18. The van der Waals surface area contributed by atoms with Gasteiger partial charge in [0.1, 0.15) is 5.69 Å². The van der Waals surface area contributed by atoms with E-state index in [1.807, 2.05) is 11.6 Å². The van der Waals surface area contributed by atoms with Crippen molar-refractivity contribution >= 4 is 5.97 Å². The van der Waals surface area contributed by atoms with Crippen molar-refractivity contribution in [1.82, 2.24) is 19.3 Å². The standard InChI is InChI=1S/C9H10N4O2/c1-12-6-10-4-7(12)5-13-8(9(14)15)2-3-11-13/h2-4,6H,5H2,1H3,(H,14,15). The van der Waals surface area contributed by atoms with Crippen LogP contribution < -0.4 is 0 Å². The summed E-state index contributed by atoms with van der Waals surface area (Å²) in [7, 11) is 1.85. The zero-order valence-electron chi connectivity index (χ0n) is 8.16. The van der Waals surface area contributed by atoms with Crippen LogP contribution >= 0.6 is 0 Å². The van der Waals surface area contributed by atoms with Crippen molar-refractivity contribution in [2.45, 2.75) is 6.54 Å². The molecule has 0 unspecified atom stereocenters. The highest BCUT2D eigenvalue weighted by atomic mass is 16.4. The summed E-state index contributed by atoms with van der Waals surface area (Å²) in [6, 6.07) is 1.47. The van der Waals surface area contributed by atoms with Crippen molar-refractivity contribution in [3.63, 3.8) is 0 Å². The first kappa shape index (κ1) is 9.45. The Morgan fingerprint density at radius 1 is 1.60 bits per heavy atom. The molecule has 0 radical (unpaired) electrons. The number of imidazole rings is 1. The zero-order chi connectivity index (χ0) is 10.8. The monoisotopic (exact) mass is 206 g/mol. The van der Waals surface area contributed by atoms with E-state index in [0.717, 1.165) is 5.69 Å². The molecular formula is C9H10N4O2. The largest absolute Gasteiger partial charge is 0.477 e. The van der Waals surface area contributed by atoms with Gasteiger partial charge in [-0.1, -0.05) is 0 Å². The van der Waals surface area contributed by atoms with E-state index < -0.39 is 5.97 Å². The van der Waals surface area contributed by atoms with Gasteiger partial charge < -0.3 is 9.67 Å². The molecule has 0 atom stereocenters. The van der Waals surface area contributed by atoms with Crippen LogP contribution in [-0.4, -0.2) is 30.4 Å². The molecule has 1 N–H and O–H groups in total. The number of rotatable bonds is 3. The fourth-order valence-corrected chi connectivity index (χ4v) is 1.33. The lowest BCUT2D eigenvalue weighted by atomic mass is 10.4. The van der Waals surface area contributed by atoms with Crippen molar-refractivity contribution in [3.8, 4) is 0 Å². The minimum atomic E-state index is -0.977. The number of hydrogen-bond acceptors (Lipinski definition) is 3. The molecule has 15 heavy (non-hydrogen) atoms. The van der Waals surface area contributed by atoms with Crippen LogP contribution in [0.15, 0.2) is 24.8 Å². The summed E-state index contributed by atoms with van der Waals surface area (Å²) in [5.74, 6) is -0.977. The van der Waals surface area contributed by atoms with Crippen LogP contribution in [0.5, 0.6) is 0 Å². The molecule has 2 aromatic heterocycles. The maximum atomic E-state index is 10.8. The molecule has 0 saturated heterocycles. The van der Waals surface area contributed by atoms with E-state index in [1.54, 1.807) is 12.5 Å². The summed E-state index contributed by atoms with van der Waals surface area (Å²) >= 11 is 0. The molecule has 0 fully saturated rings. The van der Waals surface area contributed by atoms with Crippen LogP contribution in [-0.2, 0) is 13.6 Å². The number of aromatic nitrogens is 4. The van der Waals surface area contributed by atoms with Crippen molar-refractivity contribution in [2.24, 2.45) is 7.05 Å². The summed E-state index contributed by atoms with van der Waals surface area (Å²) in [5.41, 5.74) is 1.08. The Labute approximate surface area is 85.8 Å². The highest BCUT2D eigenvalue weighted by Crippen LogP contribution is 2.04. The van der Waals surface area contributed by atoms with Gasteiger partial charge in [-0.2, -0.15) is 5.10 Å². The average molecular weight is 206 g/mol. The van der Waals surface area contributed by atoms with Crippen LogP contribution in [0.3, 0.4) is 0 Å². The van der Waals surface area contributed by atoms with E-state index in [9.17, 15) is 4.79 Å². The van der Waals surface area contributed by atoms with Gasteiger partial charge in [0, 0.05) is 13.2 Å². The molecule has 0 aliphatic heterocycles. The lowest BCUT2D eigenvalue weighted by Crippen LogP contribution is -2.12. The molecular weight excluding hydrogens is 196 g/mol. The Bertz CT molecular complexity index is 486. The highest BCUT2D eigenvalue weighted by molar-refractivity contribution is 5.85. The van der Waals surface area contributed by atoms with Crippen LogP contribution in [0.4, 0.5) is 0 Å². The number of aryl methyl sites for hydroxylation is 1. The first-order valence-corrected chi connectivity index (χ1v) is 4.39. The first-order chi connectivity index (χ1) is 7.18. The second-order valence-electron chi connectivity index (χ2n) is 3.18. The normalized spacial score (nSPS) is 10.5. The molecule has 2 rings (SSSR count). The number of hydrogen-bond donors (Lipinski definition) is 1. The molecule has 78 valence electrons. The summed E-state index contributed by atoms with van der Waals surface area (Å²) in [6.07, 6.45) is 4.83. The maximum Gasteiger partial charge on any atom is 0.354 e. The Hall–Kier alpha value is -2.11. The fraction of sp³-hybridized carbons (Fsp3) is 0.222. The highest BCUT2D eigenvalue weighted by Gasteiger charge is 2.11. The summed E-state index contributed by atoms with van der Waals surface area (Å²) in [4.78, 5) is 14.8. The SMILES string of the molecule is Cn1cncc1Cn1nccc1C(=O)O. The van der Waals surface area contributed by atoms with Crippen molar-refractivity contribution in [2.75, 3.05) is 0 Å². The van der Waals surface area contributed by atoms with E-state index in [0.29, 0.717) is 6.54 Å². The van der Waals surface area contributed by atoms with Crippen molar-refractivity contribution in [1.29, 1.82) is 0 Å². The van der Waals surface area contributed by atoms with E-state index in [4.69, 9.17) is 5.11 Å². The van der Waals surface area contributed by atoms with Gasteiger partial charge in [0.05, 0.1) is 24.8 Å². The van der Waals surface area contributed by atoms with E-state index >= 15 is 0 Å². The van der Waals surface area contributed by atoms with Gasteiger partial charge in [0.2, 0.25) is 0 Å². The van der Waals surface area contributed by atoms with Gasteiger partial charge in [-0.25, -0.2) is 9.78 Å². The van der Waals surface area contributed by atoms with Gasteiger partial charge in [0.25, 0.3) is 0 Å². The number of carboxylic acid groups (broad SMARTS) is 1. The van der Waals surface area contributed by atoms with Crippen LogP contribution in [0.2, 0.25) is 0 Å². The summed E-state index contributed by atoms with van der Waals surface area (Å²) in [6.45, 7) is 0.408. The molecule has 2 aromatic rings. The summed E-state index contributed by atoms with van der Waals surface area (Å²) < 4.78 is 3.26. The molecule has 0 aliphatic rings. The van der Waals surface area contributed by atoms with Crippen LogP contribution in [0.1, 0.15) is 16.2 Å². The first-order valence-electron chi connectivity index (χ1n) is 4.39. The second kappa shape index (κ2) is 3.56. The number of carboxylic acids is 1. The van der Waals surface area contributed by atoms with E-state index in [1.165, 1.54) is 16.9 Å². The van der Waals surface area contributed by atoms with E-state index in [2.05, 4.69) is 10.1 Å². The van der Waals surface area contributed by atoms with Gasteiger partial charge in [-0.05, 0) is 6.07 Å². The number of aromatic carboxylic acids is 1. The molecule has 0 saturated carbocycles. The Morgan fingerprint density at radius 2 is 2.40 bits per heavy atom. The lowest BCUT2D eigenvalue weighted by Gasteiger charge is -2.04. The topological polar surface area (TPSA) is 72.9 Å². The van der Waals surface area contributed by atoms with Crippen molar-refractivity contribution in [3.05, 3.63) is 36.2 Å². The fourth-order valence-electron chi connectivity index (χ4n) is 1.33. The third-order valence-electron chi connectivity index (χ3n) is 2.16. The molecule has 0 bridgehead atoms. The van der Waals surface area contributed by atoms with Crippen molar-refractivity contribution < 1.29 is 9.90 Å². The van der Waals surface area contributed by atoms with Crippen LogP contribution in [0, 0.1) is 0 Å². The maximum absolute atomic E-state index is 10.8. The van der Waals surface area contributed by atoms with Gasteiger partial charge >= 0.3 is 5.97 Å². The molecule has 6 nitrogen and oxygen atoms in total.